The van der Waals surface area contributed by atoms with Gasteiger partial charge in [-0.1, -0.05) is 13.8 Å². The van der Waals surface area contributed by atoms with Crippen molar-refractivity contribution in [1.29, 1.82) is 0 Å². The van der Waals surface area contributed by atoms with E-state index in [9.17, 15) is 13.6 Å². The van der Waals surface area contributed by atoms with Crippen LogP contribution in [-0.4, -0.2) is 49.0 Å². The normalized spacial score (nSPS) is 20.1. The summed E-state index contributed by atoms with van der Waals surface area (Å²) in [6.45, 7) is 5.89. The Kier molecular flexibility index (Phi) is 10.3. The quantitative estimate of drug-likeness (QED) is 0.734. The van der Waals surface area contributed by atoms with Gasteiger partial charge in [-0.25, -0.2) is 8.78 Å². The zero-order valence-electron chi connectivity index (χ0n) is 13.8. The third kappa shape index (κ3) is 6.11. The molecule has 1 aromatic rings. The van der Waals surface area contributed by atoms with E-state index < -0.39 is 24.9 Å². The van der Waals surface area contributed by atoms with Crippen LogP contribution in [0, 0.1) is 0 Å². The summed E-state index contributed by atoms with van der Waals surface area (Å²) in [5.74, 6) is -3.13. The number of rotatable bonds is 7. The molecule has 1 aromatic heterocycles. The van der Waals surface area contributed by atoms with Crippen molar-refractivity contribution in [2.75, 3.05) is 26.2 Å². The van der Waals surface area contributed by atoms with E-state index >= 15 is 0 Å². The van der Waals surface area contributed by atoms with Crippen molar-refractivity contribution in [3.05, 3.63) is 22.4 Å². The zero-order valence-corrected chi connectivity index (χ0v) is 16.2. The van der Waals surface area contributed by atoms with E-state index in [1.807, 2.05) is 11.4 Å². The monoisotopic (exact) mass is 403 g/mol. The Morgan fingerprint density at radius 3 is 2.58 bits per heavy atom. The maximum absolute atomic E-state index is 13.2. The molecule has 2 rings (SSSR count). The standard InChI is InChI=1S/C15H23F2N3OS.2ClH/c1-3-20(4-2)13(11-5-6-22-9-11)8-18-14(21)12-7-15(16,17)10-19-12;;/h5-6,9,12-13,19H,3-4,7-8,10H2,1-2H3,(H,18,21);2*1H. The first-order valence-electron chi connectivity index (χ1n) is 7.62. The Morgan fingerprint density at radius 1 is 1.46 bits per heavy atom. The molecule has 140 valence electrons. The van der Waals surface area contributed by atoms with Crippen LogP contribution in [0.3, 0.4) is 0 Å². The van der Waals surface area contributed by atoms with E-state index in [2.05, 4.69) is 34.8 Å². The first-order chi connectivity index (χ1) is 10.5. The Hall–Kier alpha value is -0.470. The van der Waals surface area contributed by atoms with Crippen molar-refractivity contribution < 1.29 is 13.6 Å². The molecule has 1 amide bonds. The first-order valence-corrected chi connectivity index (χ1v) is 8.56. The van der Waals surface area contributed by atoms with Gasteiger partial charge in [0.05, 0.1) is 18.6 Å². The number of nitrogens with zero attached hydrogens (tertiary/aromatic N) is 1. The molecule has 1 saturated heterocycles. The minimum Gasteiger partial charge on any atom is -0.353 e. The molecule has 0 aromatic carbocycles. The van der Waals surface area contributed by atoms with Gasteiger partial charge in [0.25, 0.3) is 5.92 Å². The second kappa shape index (κ2) is 10.5. The summed E-state index contributed by atoms with van der Waals surface area (Å²) in [5.41, 5.74) is 1.15. The molecular weight excluding hydrogens is 379 g/mol. The number of hydrogen-bond donors (Lipinski definition) is 2. The molecule has 2 unspecified atom stereocenters. The molecule has 2 atom stereocenters. The van der Waals surface area contributed by atoms with Crippen molar-refractivity contribution in [2.45, 2.75) is 38.3 Å². The second-order valence-corrected chi connectivity index (χ2v) is 6.31. The van der Waals surface area contributed by atoms with E-state index in [0.717, 1.165) is 18.7 Å². The Labute approximate surface area is 158 Å². The van der Waals surface area contributed by atoms with Gasteiger partial charge in [-0.15, -0.1) is 24.8 Å². The molecule has 2 N–H and O–H groups in total. The van der Waals surface area contributed by atoms with Crippen molar-refractivity contribution in [2.24, 2.45) is 0 Å². The highest BCUT2D eigenvalue weighted by Crippen LogP contribution is 2.26. The lowest BCUT2D eigenvalue weighted by Crippen LogP contribution is -2.44. The van der Waals surface area contributed by atoms with Crippen molar-refractivity contribution in [3.8, 4) is 0 Å². The van der Waals surface area contributed by atoms with Gasteiger partial charge in [0, 0.05) is 13.0 Å². The maximum atomic E-state index is 13.2. The van der Waals surface area contributed by atoms with Crippen LogP contribution >= 0.6 is 36.2 Å². The molecule has 2 heterocycles. The highest BCUT2D eigenvalue weighted by atomic mass is 35.5. The lowest BCUT2D eigenvalue weighted by atomic mass is 10.1. The average molecular weight is 404 g/mol. The molecule has 9 heteroatoms. The highest BCUT2D eigenvalue weighted by Gasteiger charge is 2.42. The molecule has 1 aliphatic heterocycles. The fraction of sp³-hybridized carbons (Fsp3) is 0.667. The minimum atomic E-state index is -2.78. The number of carbonyl (C=O) groups excluding carboxylic acids is 1. The Balaban J connectivity index is 0.00000264. The molecule has 0 aliphatic carbocycles. The average Bonchev–Trinajstić information content (AvgIpc) is 3.12. The second-order valence-electron chi connectivity index (χ2n) is 5.53. The molecule has 1 fully saturated rings. The summed E-state index contributed by atoms with van der Waals surface area (Å²) >= 11 is 1.61. The van der Waals surface area contributed by atoms with Crippen LogP contribution < -0.4 is 10.6 Å². The van der Waals surface area contributed by atoms with E-state index in [-0.39, 0.29) is 36.8 Å². The Bertz CT molecular complexity index is 487. The van der Waals surface area contributed by atoms with Crippen LogP contribution in [0.1, 0.15) is 31.9 Å². The predicted octanol–water partition coefficient (Wildman–Crippen LogP) is 3.09. The lowest BCUT2D eigenvalue weighted by Gasteiger charge is -2.29. The predicted molar refractivity (Wildman–Crippen MR) is 98.8 cm³/mol. The van der Waals surface area contributed by atoms with Gasteiger partial charge >= 0.3 is 0 Å². The van der Waals surface area contributed by atoms with Gasteiger partial charge in [0.1, 0.15) is 0 Å². The van der Waals surface area contributed by atoms with Crippen LogP contribution in [0.2, 0.25) is 0 Å². The van der Waals surface area contributed by atoms with Crippen LogP contribution in [0.4, 0.5) is 8.78 Å². The molecular formula is C15H25Cl2F2N3OS. The van der Waals surface area contributed by atoms with Gasteiger partial charge in [0.15, 0.2) is 0 Å². The van der Waals surface area contributed by atoms with Crippen LogP contribution in [0.25, 0.3) is 0 Å². The number of alkyl halides is 2. The van der Waals surface area contributed by atoms with E-state index in [1.54, 1.807) is 11.3 Å². The maximum Gasteiger partial charge on any atom is 0.262 e. The smallest absolute Gasteiger partial charge is 0.262 e. The fourth-order valence-corrected chi connectivity index (χ4v) is 3.52. The summed E-state index contributed by atoms with van der Waals surface area (Å²) in [6, 6.07) is 1.32. The van der Waals surface area contributed by atoms with Crippen molar-refractivity contribution in [3.63, 3.8) is 0 Å². The van der Waals surface area contributed by atoms with Crippen LogP contribution in [-0.2, 0) is 4.79 Å². The number of nitrogens with one attached hydrogen (secondary N) is 2. The number of halogens is 4. The largest absolute Gasteiger partial charge is 0.353 e. The zero-order chi connectivity index (χ0) is 16.2. The summed E-state index contributed by atoms with van der Waals surface area (Å²) in [5, 5.41) is 9.49. The fourth-order valence-electron chi connectivity index (χ4n) is 2.81. The Morgan fingerprint density at radius 2 is 2.12 bits per heavy atom. The third-order valence-corrected chi connectivity index (χ3v) is 4.78. The van der Waals surface area contributed by atoms with Gasteiger partial charge in [-0.3, -0.25) is 15.0 Å². The number of carbonyl (C=O) groups is 1. The SMILES string of the molecule is CCN(CC)C(CNC(=O)C1CC(F)(F)CN1)c1ccsc1.Cl.Cl. The van der Waals surface area contributed by atoms with E-state index in [1.165, 1.54) is 0 Å². The number of amides is 1. The van der Waals surface area contributed by atoms with Crippen molar-refractivity contribution in [1.82, 2.24) is 15.5 Å². The van der Waals surface area contributed by atoms with Gasteiger partial charge in [-0.05, 0) is 35.5 Å². The molecule has 0 spiro atoms. The number of hydrogen-bond acceptors (Lipinski definition) is 4. The number of thiophene rings is 1. The highest BCUT2D eigenvalue weighted by molar-refractivity contribution is 7.07. The third-order valence-electron chi connectivity index (χ3n) is 4.08. The van der Waals surface area contributed by atoms with Crippen LogP contribution in [0.5, 0.6) is 0 Å². The molecule has 1 aliphatic rings. The van der Waals surface area contributed by atoms with Gasteiger partial charge in [0.2, 0.25) is 5.91 Å². The van der Waals surface area contributed by atoms with Gasteiger partial charge < -0.3 is 5.32 Å². The molecule has 0 saturated carbocycles. The summed E-state index contributed by atoms with van der Waals surface area (Å²) < 4.78 is 26.3. The first kappa shape index (κ1) is 23.5. The molecule has 24 heavy (non-hydrogen) atoms. The summed E-state index contributed by atoms with van der Waals surface area (Å²) in [7, 11) is 0. The topological polar surface area (TPSA) is 44.4 Å². The van der Waals surface area contributed by atoms with Crippen LogP contribution in [0.15, 0.2) is 16.8 Å². The summed E-state index contributed by atoms with van der Waals surface area (Å²) in [4.78, 5) is 14.3. The summed E-state index contributed by atoms with van der Waals surface area (Å²) in [6.07, 6.45) is -0.423. The minimum absolute atomic E-state index is 0. The van der Waals surface area contributed by atoms with Gasteiger partial charge in [-0.2, -0.15) is 11.3 Å². The molecule has 0 radical (unpaired) electrons. The van der Waals surface area contributed by atoms with E-state index in [0.29, 0.717) is 6.54 Å². The van der Waals surface area contributed by atoms with Crippen molar-refractivity contribution >= 4 is 42.1 Å². The molecule has 0 bridgehead atoms. The molecule has 4 nitrogen and oxygen atoms in total. The number of likely N-dealkylation sites (N-methyl/N-ethyl adjacent to an activating group) is 1. The van der Waals surface area contributed by atoms with E-state index in [4.69, 9.17) is 0 Å². The lowest BCUT2D eigenvalue weighted by molar-refractivity contribution is -0.123.